The molecule has 0 spiro atoms. The Morgan fingerprint density at radius 1 is 1.05 bits per heavy atom. The molecular weight excluding hydrogens is 310 g/mol. The molecule has 5 heteroatoms. The number of nitrogens with one attached hydrogen (secondary N) is 3. The van der Waals surface area contributed by atoms with E-state index in [9.17, 15) is 0 Å². The van der Waals surface area contributed by atoms with Crippen molar-refractivity contribution in [1.29, 1.82) is 0 Å². The van der Waals surface area contributed by atoms with E-state index in [1.54, 1.807) is 0 Å². The average Bonchev–Trinajstić information content (AvgIpc) is 2.50. The van der Waals surface area contributed by atoms with Gasteiger partial charge in [0.25, 0.3) is 0 Å². The fraction of sp³-hybridized carbons (Fsp3) is 0.235. The lowest BCUT2D eigenvalue weighted by atomic mass is 10.1. The van der Waals surface area contributed by atoms with Crippen molar-refractivity contribution in [2.45, 2.75) is 18.7 Å². The van der Waals surface area contributed by atoms with Crippen LogP contribution in [0.1, 0.15) is 11.1 Å². The second-order valence-electron chi connectivity index (χ2n) is 5.04. The zero-order valence-electron chi connectivity index (χ0n) is 12.8. The van der Waals surface area contributed by atoms with Gasteiger partial charge in [0.05, 0.1) is 5.69 Å². The highest BCUT2D eigenvalue weighted by molar-refractivity contribution is 7.99. The second-order valence-corrected chi connectivity index (χ2v) is 6.62. The molecule has 2 aromatic rings. The lowest BCUT2D eigenvalue weighted by Gasteiger charge is -2.13. The van der Waals surface area contributed by atoms with Crippen LogP contribution in [-0.2, 0) is 0 Å². The molecule has 2 rings (SSSR count). The van der Waals surface area contributed by atoms with E-state index in [1.165, 1.54) is 16.0 Å². The van der Waals surface area contributed by atoms with Crippen LogP contribution in [0.2, 0.25) is 0 Å². The normalized spacial score (nSPS) is 10.1. The summed E-state index contributed by atoms with van der Waals surface area (Å²) in [6.07, 6.45) is 0. The van der Waals surface area contributed by atoms with Gasteiger partial charge >= 0.3 is 0 Å². The van der Waals surface area contributed by atoms with Crippen LogP contribution in [0.15, 0.2) is 53.4 Å². The van der Waals surface area contributed by atoms with Crippen molar-refractivity contribution < 1.29 is 0 Å². The molecule has 0 aromatic heterocycles. The van der Waals surface area contributed by atoms with Crippen molar-refractivity contribution in [3.05, 3.63) is 59.7 Å². The molecule has 22 heavy (non-hydrogen) atoms. The first-order valence-corrected chi connectivity index (χ1v) is 8.59. The van der Waals surface area contributed by atoms with Crippen LogP contribution in [0.5, 0.6) is 0 Å². The van der Waals surface area contributed by atoms with E-state index in [0.29, 0.717) is 5.11 Å². The second kappa shape index (κ2) is 8.66. The summed E-state index contributed by atoms with van der Waals surface area (Å²) < 4.78 is 0. The fourth-order valence-electron chi connectivity index (χ4n) is 2.07. The van der Waals surface area contributed by atoms with Crippen molar-refractivity contribution in [3.63, 3.8) is 0 Å². The zero-order chi connectivity index (χ0) is 15.8. The monoisotopic (exact) mass is 331 g/mol. The Bertz CT molecular complexity index is 594. The summed E-state index contributed by atoms with van der Waals surface area (Å²) in [6.45, 7) is 4.98. The lowest BCUT2D eigenvalue weighted by molar-refractivity contribution is 0.935. The van der Waals surface area contributed by atoms with E-state index in [0.717, 1.165) is 18.0 Å². The van der Waals surface area contributed by atoms with E-state index in [-0.39, 0.29) is 0 Å². The van der Waals surface area contributed by atoms with Crippen molar-refractivity contribution >= 4 is 34.8 Å². The first-order valence-electron chi connectivity index (χ1n) is 7.19. The molecule has 0 amide bonds. The highest BCUT2D eigenvalue weighted by Crippen LogP contribution is 2.15. The molecule has 0 saturated carbocycles. The van der Waals surface area contributed by atoms with Crippen molar-refractivity contribution in [3.8, 4) is 0 Å². The van der Waals surface area contributed by atoms with Gasteiger partial charge in [0, 0.05) is 17.2 Å². The van der Waals surface area contributed by atoms with E-state index in [4.69, 9.17) is 12.2 Å². The molecule has 0 radical (unpaired) electrons. The molecule has 116 valence electrons. The molecule has 0 atom stereocenters. The maximum absolute atomic E-state index is 5.25. The van der Waals surface area contributed by atoms with Crippen molar-refractivity contribution in [2.24, 2.45) is 0 Å². The van der Waals surface area contributed by atoms with Crippen LogP contribution in [0.25, 0.3) is 0 Å². The topological polar surface area (TPSA) is 36.1 Å². The SMILES string of the molecule is Cc1cc(C)cc(NNC(=S)NCCSc2ccccc2)c1. The van der Waals surface area contributed by atoms with Gasteiger partial charge in [0.2, 0.25) is 0 Å². The number of hydrogen-bond acceptors (Lipinski definition) is 3. The van der Waals surface area contributed by atoms with Crippen molar-refractivity contribution in [2.75, 3.05) is 17.7 Å². The van der Waals surface area contributed by atoms with E-state index in [2.05, 4.69) is 72.5 Å². The molecule has 3 N–H and O–H groups in total. The number of benzene rings is 2. The average molecular weight is 332 g/mol. The van der Waals surface area contributed by atoms with Crippen LogP contribution < -0.4 is 16.2 Å². The molecule has 0 unspecified atom stereocenters. The number of hydrogen-bond donors (Lipinski definition) is 3. The first-order chi connectivity index (χ1) is 10.6. The minimum atomic E-state index is 0.604. The Labute approximate surface area is 141 Å². The molecule has 0 aliphatic heterocycles. The Morgan fingerprint density at radius 3 is 2.41 bits per heavy atom. The summed E-state index contributed by atoms with van der Waals surface area (Å²) in [5.74, 6) is 0.968. The van der Waals surface area contributed by atoms with Crippen LogP contribution in [0.3, 0.4) is 0 Å². The lowest BCUT2D eigenvalue weighted by Crippen LogP contribution is -2.39. The number of aryl methyl sites for hydroxylation is 2. The van der Waals surface area contributed by atoms with Gasteiger partial charge in [-0.3, -0.25) is 10.9 Å². The van der Waals surface area contributed by atoms with Gasteiger partial charge in [-0.05, 0) is 61.5 Å². The summed E-state index contributed by atoms with van der Waals surface area (Å²) >= 11 is 7.07. The fourth-order valence-corrected chi connectivity index (χ4v) is 3.01. The number of anilines is 1. The van der Waals surface area contributed by atoms with Gasteiger partial charge in [-0.2, -0.15) is 0 Å². The van der Waals surface area contributed by atoms with Gasteiger partial charge in [-0.15, -0.1) is 11.8 Å². The third-order valence-electron chi connectivity index (χ3n) is 2.94. The predicted octanol–water partition coefficient (Wildman–Crippen LogP) is 3.89. The van der Waals surface area contributed by atoms with E-state index >= 15 is 0 Å². The third-order valence-corrected chi connectivity index (χ3v) is 4.20. The Morgan fingerprint density at radius 2 is 1.73 bits per heavy atom. The number of thioether (sulfide) groups is 1. The number of thiocarbonyl (C=S) groups is 1. The van der Waals surface area contributed by atoms with E-state index < -0.39 is 0 Å². The molecule has 3 nitrogen and oxygen atoms in total. The van der Waals surface area contributed by atoms with Crippen LogP contribution in [0, 0.1) is 13.8 Å². The Balaban J connectivity index is 1.65. The molecule has 0 aliphatic carbocycles. The summed E-state index contributed by atoms with van der Waals surface area (Å²) in [6, 6.07) is 16.7. The number of hydrazine groups is 1. The van der Waals surface area contributed by atoms with Crippen molar-refractivity contribution in [1.82, 2.24) is 10.7 Å². The maximum atomic E-state index is 5.25. The maximum Gasteiger partial charge on any atom is 0.185 e. The van der Waals surface area contributed by atoms with Gasteiger partial charge < -0.3 is 5.32 Å². The molecule has 0 aliphatic rings. The summed E-state index contributed by atoms with van der Waals surface area (Å²) in [5, 5.41) is 3.79. The summed E-state index contributed by atoms with van der Waals surface area (Å²) in [4.78, 5) is 1.27. The zero-order valence-corrected chi connectivity index (χ0v) is 14.5. The summed E-state index contributed by atoms with van der Waals surface area (Å²) in [7, 11) is 0. The largest absolute Gasteiger partial charge is 0.361 e. The van der Waals surface area contributed by atoms with Gasteiger partial charge in [-0.1, -0.05) is 24.3 Å². The smallest absolute Gasteiger partial charge is 0.185 e. The quantitative estimate of drug-likeness (QED) is 0.324. The number of rotatable bonds is 6. The van der Waals surface area contributed by atoms with Crippen LogP contribution >= 0.6 is 24.0 Å². The molecular formula is C17H21N3S2. The van der Waals surface area contributed by atoms with Crippen LogP contribution in [-0.4, -0.2) is 17.4 Å². The molecule has 0 heterocycles. The molecule has 0 fully saturated rings. The van der Waals surface area contributed by atoms with E-state index in [1.807, 2.05) is 17.8 Å². The van der Waals surface area contributed by atoms with Gasteiger partial charge in [0.1, 0.15) is 0 Å². The first kappa shape index (κ1) is 16.6. The molecule has 0 saturated heterocycles. The molecule has 0 bridgehead atoms. The predicted molar refractivity (Wildman–Crippen MR) is 100 cm³/mol. The highest BCUT2D eigenvalue weighted by atomic mass is 32.2. The van der Waals surface area contributed by atoms with Gasteiger partial charge in [-0.25, -0.2) is 0 Å². The molecule has 2 aromatic carbocycles. The van der Waals surface area contributed by atoms with Crippen LogP contribution in [0.4, 0.5) is 5.69 Å². The Kier molecular flexibility index (Phi) is 6.55. The standard InChI is InChI=1S/C17H21N3S2/c1-13-10-14(2)12-15(11-13)19-20-17(21)18-8-9-22-16-6-4-3-5-7-16/h3-7,10-12,19H,8-9H2,1-2H3,(H2,18,20,21). The Hall–Kier alpha value is -1.72. The highest BCUT2D eigenvalue weighted by Gasteiger charge is 1.98. The van der Waals surface area contributed by atoms with Gasteiger partial charge in [0.15, 0.2) is 5.11 Å². The minimum absolute atomic E-state index is 0.604. The third kappa shape index (κ3) is 5.95. The summed E-state index contributed by atoms with van der Waals surface area (Å²) in [5.41, 5.74) is 9.60. The minimum Gasteiger partial charge on any atom is -0.361 e.